The van der Waals surface area contributed by atoms with E-state index in [-0.39, 0.29) is 12.6 Å². The van der Waals surface area contributed by atoms with Gasteiger partial charge in [0.2, 0.25) is 0 Å². The van der Waals surface area contributed by atoms with Gasteiger partial charge in [-0.25, -0.2) is 0 Å². The predicted molar refractivity (Wildman–Crippen MR) is 150 cm³/mol. The second-order valence-electron chi connectivity index (χ2n) is 8.75. The van der Waals surface area contributed by atoms with Crippen LogP contribution in [0.3, 0.4) is 0 Å². The summed E-state index contributed by atoms with van der Waals surface area (Å²) in [6.07, 6.45) is 1.28. The number of anilines is 1. The molecule has 4 N–H and O–H groups in total. The van der Waals surface area contributed by atoms with Gasteiger partial charge in [-0.05, 0) is 72.1 Å². The second-order valence-corrected chi connectivity index (χ2v) is 9.63. The number of rotatable bonds is 7. The van der Waals surface area contributed by atoms with Crippen LogP contribution in [0, 0.1) is 0 Å². The van der Waals surface area contributed by atoms with Crippen LogP contribution in [-0.2, 0) is 6.42 Å². The number of nitrogens with one attached hydrogen (secondary N) is 1. The van der Waals surface area contributed by atoms with Crippen LogP contribution in [0.15, 0.2) is 79.6 Å². The minimum absolute atomic E-state index is 0.0126. The van der Waals surface area contributed by atoms with Crippen LogP contribution in [-0.4, -0.2) is 46.2 Å². The third-order valence-corrected chi connectivity index (χ3v) is 6.86. The maximum Gasteiger partial charge on any atom is 0.119 e. The Hall–Kier alpha value is -3.16. The Morgan fingerprint density at radius 1 is 1.05 bits per heavy atom. The first-order valence-electron chi connectivity index (χ1n) is 12.0. The number of aromatic nitrogens is 1. The topological polar surface area (TPSA) is 89.0 Å². The smallest absolute Gasteiger partial charge is 0.119 e. The number of H-pyrrole nitrogens is 1. The molecule has 1 aliphatic heterocycles. The quantitative estimate of drug-likeness (QED) is 0.202. The molecular weight excluding hydrogens is 511 g/mol. The van der Waals surface area contributed by atoms with Crippen molar-refractivity contribution in [1.82, 2.24) is 4.98 Å². The second kappa shape index (κ2) is 12.4. The number of aliphatic hydroxyl groups is 3. The standard InChI is InChI=1S/C27H26Cl2N2O3.C2H4O/c28-18-3-6-20(7-4-18)31-13-11-23-24-15-19(29)5-10-25(24)30-26(23)27(31)17-1-8-22(9-2-17)34-14-12-21(33)16-32;1-2-3/h1-10,15,21,27,30,32-33H,11-14,16H2;2-3H,1H2/t21-,27-;/m0./s1. The third kappa shape index (κ3) is 6.22. The van der Waals surface area contributed by atoms with Crippen molar-refractivity contribution in [2.45, 2.75) is 25.0 Å². The molecule has 0 saturated heterocycles. The summed E-state index contributed by atoms with van der Waals surface area (Å²) < 4.78 is 5.75. The van der Waals surface area contributed by atoms with E-state index in [0.29, 0.717) is 18.1 Å². The Kier molecular flexibility index (Phi) is 9.00. The van der Waals surface area contributed by atoms with Gasteiger partial charge in [0.15, 0.2) is 0 Å². The maximum atomic E-state index is 9.52. The predicted octanol–water partition coefficient (Wildman–Crippen LogP) is 6.44. The van der Waals surface area contributed by atoms with Crippen molar-refractivity contribution in [3.63, 3.8) is 0 Å². The van der Waals surface area contributed by atoms with Gasteiger partial charge in [-0.3, -0.25) is 0 Å². The number of nitrogens with zero attached hydrogens (tertiary/aromatic N) is 1. The van der Waals surface area contributed by atoms with E-state index < -0.39 is 6.10 Å². The highest BCUT2D eigenvalue weighted by Gasteiger charge is 2.32. The molecule has 2 heterocycles. The Labute approximate surface area is 226 Å². The van der Waals surface area contributed by atoms with Crippen LogP contribution < -0.4 is 9.64 Å². The van der Waals surface area contributed by atoms with E-state index in [1.807, 2.05) is 42.5 Å². The molecule has 194 valence electrons. The van der Waals surface area contributed by atoms with Crippen LogP contribution in [0.2, 0.25) is 10.0 Å². The Morgan fingerprint density at radius 2 is 1.73 bits per heavy atom. The average Bonchev–Trinajstić information content (AvgIpc) is 3.27. The molecule has 37 heavy (non-hydrogen) atoms. The van der Waals surface area contributed by atoms with Gasteiger partial charge in [-0.1, -0.05) is 41.9 Å². The zero-order valence-electron chi connectivity index (χ0n) is 20.3. The average molecular weight is 541 g/mol. The molecule has 8 heteroatoms. The summed E-state index contributed by atoms with van der Waals surface area (Å²) in [7, 11) is 0. The van der Waals surface area contributed by atoms with Crippen molar-refractivity contribution >= 4 is 39.8 Å². The minimum Gasteiger partial charge on any atom is -0.516 e. The summed E-state index contributed by atoms with van der Waals surface area (Å²) in [4.78, 5) is 6.05. The number of aliphatic hydroxyl groups excluding tert-OH is 3. The van der Waals surface area contributed by atoms with E-state index in [1.54, 1.807) is 0 Å². The maximum absolute atomic E-state index is 9.52. The van der Waals surface area contributed by atoms with Gasteiger partial charge in [-0.2, -0.15) is 0 Å². The fourth-order valence-corrected chi connectivity index (χ4v) is 4.97. The molecule has 0 bridgehead atoms. The van der Waals surface area contributed by atoms with Crippen LogP contribution in [0.25, 0.3) is 10.9 Å². The van der Waals surface area contributed by atoms with Crippen molar-refractivity contribution in [1.29, 1.82) is 0 Å². The summed E-state index contributed by atoms with van der Waals surface area (Å²) >= 11 is 12.5. The van der Waals surface area contributed by atoms with E-state index in [4.69, 9.17) is 38.2 Å². The molecule has 0 saturated carbocycles. The van der Waals surface area contributed by atoms with Crippen molar-refractivity contribution in [3.05, 3.63) is 106 Å². The van der Waals surface area contributed by atoms with Crippen LogP contribution in [0.4, 0.5) is 5.69 Å². The summed E-state index contributed by atoms with van der Waals surface area (Å²) in [5, 5.41) is 28.4. The molecule has 3 aromatic carbocycles. The fraction of sp³-hybridized carbons (Fsp3) is 0.241. The number of hydrogen-bond acceptors (Lipinski definition) is 5. The van der Waals surface area contributed by atoms with E-state index in [0.717, 1.165) is 46.8 Å². The monoisotopic (exact) mass is 540 g/mol. The molecule has 0 spiro atoms. The zero-order chi connectivity index (χ0) is 26.4. The van der Waals surface area contributed by atoms with Crippen molar-refractivity contribution < 1.29 is 20.1 Å². The fourth-order valence-electron chi connectivity index (χ4n) is 4.67. The normalized spacial score (nSPS) is 15.5. The van der Waals surface area contributed by atoms with Gasteiger partial charge < -0.3 is 29.9 Å². The molecule has 0 fully saturated rings. The summed E-state index contributed by atoms with van der Waals surface area (Å²) in [5.41, 5.74) is 5.79. The molecule has 6 nitrogen and oxygen atoms in total. The molecule has 0 aliphatic carbocycles. The highest BCUT2D eigenvalue weighted by molar-refractivity contribution is 6.31. The number of aromatic amines is 1. The number of hydrogen-bond donors (Lipinski definition) is 4. The number of benzene rings is 3. The Balaban J connectivity index is 0.00000102. The van der Waals surface area contributed by atoms with Gasteiger partial charge in [0.1, 0.15) is 5.75 Å². The van der Waals surface area contributed by atoms with Crippen LogP contribution in [0.5, 0.6) is 5.75 Å². The van der Waals surface area contributed by atoms with Crippen molar-refractivity contribution in [2.75, 3.05) is 24.7 Å². The molecule has 0 unspecified atom stereocenters. The van der Waals surface area contributed by atoms with E-state index in [9.17, 15) is 5.11 Å². The van der Waals surface area contributed by atoms with Gasteiger partial charge >= 0.3 is 0 Å². The molecule has 0 amide bonds. The third-order valence-electron chi connectivity index (χ3n) is 6.37. The van der Waals surface area contributed by atoms with E-state index in [2.05, 4.69) is 40.7 Å². The first-order valence-corrected chi connectivity index (χ1v) is 12.8. The highest BCUT2D eigenvalue weighted by atomic mass is 35.5. The Bertz CT molecular complexity index is 1320. The molecule has 1 aliphatic rings. The van der Waals surface area contributed by atoms with Crippen LogP contribution >= 0.6 is 23.2 Å². The van der Waals surface area contributed by atoms with E-state index in [1.165, 1.54) is 16.6 Å². The van der Waals surface area contributed by atoms with Gasteiger partial charge in [0.05, 0.1) is 31.6 Å². The van der Waals surface area contributed by atoms with Gasteiger partial charge in [0.25, 0.3) is 0 Å². The number of halogens is 2. The zero-order valence-corrected chi connectivity index (χ0v) is 21.8. The SMILES string of the molecule is C=CO.OC[C@@H](O)CCOc1ccc([C@H]2c3[nH]c4ccc(Cl)cc4c3CCN2c2ccc(Cl)cc2)cc1. The summed E-state index contributed by atoms with van der Waals surface area (Å²) in [6.45, 7) is 3.85. The van der Waals surface area contributed by atoms with Crippen LogP contribution in [0.1, 0.15) is 29.3 Å². The number of ether oxygens (including phenoxy) is 1. The lowest BCUT2D eigenvalue weighted by Gasteiger charge is -2.38. The molecule has 0 radical (unpaired) electrons. The molecule has 5 rings (SSSR count). The first kappa shape index (κ1) is 26.9. The lowest BCUT2D eigenvalue weighted by Crippen LogP contribution is -2.36. The van der Waals surface area contributed by atoms with Gasteiger partial charge in [-0.15, -0.1) is 0 Å². The van der Waals surface area contributed by atoms with Crippen molar-refractivity contribution in [2.24, 2.45) is 0 Å². The minimum atomic E-state index is -0.761. The number of fused-ring (bicyclic) bond motifs is 3. The molecular formula is C29H30Cl2N2O4. The lowest BCUT2D eigenvalue weighted by molar-refractivity contribution is 0.0754. The van der Waals surface area contributed by atoms with Crippen molar-refractivity contribution in [3.8, 4) is 5.75 Å². The first-order chi connectivity index (χ1) is 17.9. The summed E-state index contributed by atoms with van der Waals surface area (Å²) in [6, 6.07) is 22.0. The molecule has 2 atom stereocenters. The van der Waals surface area contributed by atoms with E-state index >= 15 is 0 Å². The summed E-state index contributed by atoms with van der Waals surface area (Å²) in [5.74, 6) is 0.728. The molecule has 1 aromatic heterocycles. The lowest BCUT2D eigenvalue weighted by atomic mass is 9.91. The highest BCUT2D eigenvalue weighted by Crippen LogP contribution is 2.41. The Morgan fingerprint density at radius 3 is 2.41 bits per heavy atom. The largest absolute Gasteiger partial charge is 0.516 e. The molecule has 4 aromatic rings. The van der Waals surface area contributed by atoms with Gasteiger partial charge in [0, 0.05) is 45.3 Å².